The van der Waals surface area contributed by atoms with E-state index in [2.05, 4.69) is 20.7 Å². The molecule has 21 heavy (non-hydrogen) atoms. The summed E-state index contributed by atoms with van der Waals surface area (Å²) in [7, 11) is 1.66. The van der Waals surface area contributed by atoms with E-state index in [1.165, 1.54) is 0 Å². The van der Waals surface area contributed by atoms with Gasteiger partial charge in [0.05, 0.1) is 6.20 Å². The predicted molar refractivity (Wildman–Crippen MR) is 79.8 cm³/mol. The normalized spacial score (nSPS) is 18.8. The van der Waals surface area contributed by atoms with Crippen molar-refractivity contribution in [3.8, 4) is 0 Å². The lowest BCUT2D eigenvalue weighted by atomic mass is 10.0. The molecule has 0 radical (unpaired) electrons. The van der Waals surface area contributed by atoms with Crippen LogP contribution in [-0.2, 0) is 4.79 Å². The molecule has 8 nitrogen and oxygen atoms in total. The molecule has 0 saturated carbocycles. The summed E-state index contributed by atoms with van der Waals surface area (Å²) >= 11 is 0. The molecule has 1 unspecified atom stereocenters. The van der Waals surface area contributed by atoms with E-state index in [1.54, 1.807) is 19.4 Å². The molecule has 8 heteroatoms. The molecular formula is C13H19N7O. The Kier molecular flexibility index (Phi) is 3.61. The number of nitrogens with two attached hydrogens (primary N) is 1. The highest BCUT2D eigenvalue weighted by atomic mass is 16.2. The first-order valence-electron chi connectivity index (χ1n) is 7.03. The van der Waals surface area contributed by atoms with Gasteiger partial charge in [0.1, 0.15) is 6.04 Å². The van der Waals surface area contributed by atoms with Crippen molar-refractivity contribution in [2.24, 2.45) is 5.84 Å². The molecule has 4 N–H and O–H groups in total. The standard InChI is InChI=1S/C13H19N7O/c1-15-13(21)9-4-2-3-6-20(9)12-11-16-5-7-19(11)8-10(17-12)18-14/h5,7-9,18H,2-4,6,14H2,1H3,(H,15,21). The topological polar surface area (TPSA) is 101 Å². The van der Waals surface area contributed by atoms with Crippen molar-refractivity contribution in [3.05, 3.63) is 18.6 Å². The molecule has 1 fully saturated rings. The molecule has 3 rings (SSSR count). The Morgan fingerprint density at radius 2 is 2.33 bits per heavy atom. The number of piperidine rings is 1. The Morgan fingerprint density at radius 3 is 3.10 bits per heavy atom. The van der Waals surface area contributed by atoms with Crippen molar-refractivity contribution in [3.63, 3.8) is 0 Å². The molecule has 0 bridgehead atoms. The van der Waals surface area contributed by atoms with E-state index in [0.29, 0.717) is 11.6 Å². The quantitative estimate of drug-likeness (QED) is 0.548. The summed E-state index contributed by atoms with van der Waals surface area (Å²) in [4.78, 5) is 23.0. The van der Waals surface area contributed by atoms with E-state index < -0.39 is 0 Å². The van der Waals surface area contributed by atoms with Gasteiger partial charge in [-0.05, 0) is 19.3 Å². The van der Waals surface area contributed by atoms with Crippen molar-refractivity contribution in [2.75, 3.05) is 23.9 Å². The maximum atomic E-state index is 12.1. The Balaban J connectivity index is 2.08. The fourth-order valence-corrected chi connectivity index (χ4v) is 2.80. The van der Waals surface area contributed by atoms with Crippen molar-refractivity contribution in [2.45, 2.75) is 25.3 Å². The number of hydrazine groups is 1. The van der Waals surface area contributed by atoms with Crippen LogP contribution >= 0.6 is 0 Å². The van der Waals surface area contributed by atoms with Crippen LogP contribution in [0.1, 0.15) is 19.3 Å². The zero-order valence-electron chi connectivity index (χ0n) is 11.9. The molecule has 112 valence electrons. The fraction of sp³-hybridized carbons (Fsp3) is 0.462. The van der Waals surface area contributed by atoms with Crippen LogP contribution in [0.5, 0.6) is 0 Å². The second kappa shape index (κ2) is 5.57. The molecule has 3 heterocycles. The van der Waals surface area contributed by atoms with Crippen molar-refractivity contribution in [1.29, 1.82) is 0 Å². The second-order valence-electron chi connectivity index (χ2n) is 5.07. The van der Waals surface area contributed by atoms with Gasteiger partial charge in [-0.2, -0.15) is 0 Å². The first kappa shape index (κ1) is 13.6. The van der Waals surface area contributed by atoms with Crippen molar-refractivity contribution in [1.82, 2.24) is 19.7 Å². The summed E-state index contributed by atoms with van der Waals surface area (Å²) in [5.74, 6) is 6.71. The number of carbonyl (C=O) groups excluding carboxylic acids is 1. The summed E-state index contributed by atoms with van der Waals surface area (Å²) in [5, 5.41) is 2.73. The minimum atomic E-state index is -0.218. The number of nitrogens with one attached hydrogen (secondary N) is 2. The fourth-order valence-electron chi connectivity index (χ4n) is 2.80. The molecule has 1 aliphatic heterocycles. The number of nitrogen functional groups attached to an aromatic ring is 1. The molecule has 0 aromatic carbocycles. The average molecular weight is 289 g/mol. The largest absolute Gasteiger partial charge is 0.357 e. The molecule has 1 amide bonds. The third kappa shape index (κ3) is 2.38. The van der Waals surface area contributed by atoms with Crippen LogP contribution in [0, 0.1) is 0 Å². The number of rotatable bonds is 3. The highest BCUT2D eigenvalue weighted by Crippen LogP contribution is 2.27. The molecule has 2 aromatic heterocycles. The average Bonchev–Trinajstić information content (AvgIpc) is 3.01. The van der Waals surface area contributed by atoms with Crippen LogP contribution in [0.25, 0.3) is 5.65 Å². The Bertz CT molecular complexity index is 653. The van der Waals surface area contributed by atoms with Gasteiger partial charge in [0.25, 0.3) is 0 Å². The number of nitrogens with zero attached hydrogens (tertiary/aromatic N) is 4. The second-order valence-corrected chi connectivity index (χ2v) is 5.07. The first-order valence-corrected chi connectivity index (χ1v) is 7.03. The lowest BCUT2D eigenvalue weighted by molar-refractivity contribution is -0.122. The molecule has 2 aromatic rings. The molecule has 0 aliphatic carbocycles. The van der Waals surface area contributed by atoms with Gasteiger partial charge in [-0.25, -0.2) is 15.8 Å². The maximum absolute atomic E-state index is 12.1. The van der Waals surface area contributed by atoms with E-state index >= 15 is 0 Å². The van der Waals surface area contributed by atoms with Crippen LogP contribution in [0.2, 0.25) is 0 Å². The number of amides is 1. The SMILES string of the molecule is CNC(=O)C1CCCCN1c1nc(NN)cn2ccnc12. The van der Waals surface area contributed by atoms with Gasteiger partial charge < -0.3 is 20.0 Å². The van der Waals surface area contributed by atoms with Gasteiger partial charge in [-0.3, -0.25) is 4.79 Å². The third-order valence-corrected chi connectivity index (χ3v) is 3.83. The van der Waals surface area contributed by atoms with E-state index in [1.807, 2.05) is 15.5 Å². The third-order valence-electron chi connectivity index (χ3n) is 3.83. The molecule has 1 atom stereocenters. The highest BCUT2D eigenvalue weighted by Gasteiger charge is 2.30. The van der Waals surface area contributed by atoms with Crippen LogP contribution in [0.15, 0.2) is 18.6 Å². The van der Waals surface area contributed by atoms with Crippen LogP contribution in [0.3, 0.4) is 0 Å². The molecule has 1 aliphatic rings. The first-order chi connectivity index (χ1) is 10.2. The Labute approximate surface area is 122 Å². The van der Waals surface area contributed by atoms with Crippen molar-refractivity contribution < 1.29 is 4.79 Å². The lowest BCUT2D eigenvalue weighted by Crippen LogP contribution is -2.49. The number of imidazole rings is 1. The summed E-state index contributed by atoms with van der Waals surface area (Å²) < 4.78 is 1.85. The number of hydrogen-bond acceptors (Lipinski definition) is 6. The Hall–Kier alpha value is -2.35. The number of anilines is 2. The van der Waals surface area contributed by atoms with Gasteiger partial charge >= 0.3 is 0 Å². The highest BCUT2D eigenvalue weighted by molar-refractivity contribution is 5.86. The van der Waals surface area contributed by atoms with E-state index in [-0.39, 0.29) is 11.9 Å². The van der Waals surface area contributed by atoms with Gasteiger partial charge in [0, 0.05) is 26.0 Å². The molecular weight excluding hydrogens is 270 g/mol. The number of fused-ring (bicyclic) bond motifs is 1. The molecule has 1 saturated heterocycles. The zero-order valence-corrected chi connectivity index (χ0v) is 11.9. The number of carbonyl (C=O) groups is 1. The van der Waals surface area contributed by atoms with E-state index in [4.69, 9.17) is 5.84 Å². The maximum Gasteiger partial charge on any atom is 0.242 e. The summed E-state index contributed by atoms with van der Waals surface area (Å²) in [6.45, 7) is 0.779. The molecule has 0 spiro atoms. The minimum absolute atomic E-state index is 0.00677. The lowest BCUT2D eigenvalue weighted by Gasteiger charge is -2.35. The van der Waals surface area contributed by atoms with Gasteiger partial charge in [0.15, 0.2) is 17.3 Å². The smallest absolute Gasteiger partial charge is 0.242 e. The van der Waals surface area contributed by atoms with Gasteiger partial charge in [-0.15, -0.1) is 0 Å². The number of likely N-dealkylation sites (N-methyl/N-ethyl adjacent to an activating group) is 1. The van der Waals surface area contributed by atoms with Crippen LogP contribution in [-0.4, -0.2) is 39.9 Å². The van der Waals surface area contributed by atoms with E-state index in [9.17, 15) is 4.79 Å². The van der Waals surface area contributed by atoms with Crippen LogP contribution in [0.4, 0.5) is 11.6 Å². The number of hydrogen-bond donors (Lipinski definition) is 3. The zero-order chi connectivity index (χ0) is 14.8. The monoisotopic (exact) mass is 289 g/mol. The number of aromatic nitrogens is 3. The van der Waals surface area contributed by atoms with E-state index in [0.717, 1.165) is 31.5 Å². The minimum Gasteiger partial charge on any atom is -0.357 e. The van der Waals surface area contributed by atoms with Gasteiger partial charge in [-0.1, -0.05) is 0 Å². The predicted octanol–water partition coefficient (Wildman–Crippen LogP) is 0.120. The summed E-state index contributed by atoms with van der Waals surface area (Å²) in [6.07, 6.45) is 8.19. The van der Waals surface area contributed by atoms with Gasteiger partial charge in [0.2, 0.25) is 5.91 Å². The summed E-state index contributed by atoms with van der Waals surface area (Å²) in [6, 6.07) is -0.218. The van der Waals surface area contributed by atoms with Crippen molar-refractivity contribution >= 4 is 23.2 Å². The Morgan fingerprint density at radius 1 is 1.48 bits per heavy atom. The van der Waals surface area contributed by atoms with Crippen LogP contribution < -0.4 is 21.5 Å². The summed E-state index contributed by atoms with van der Waals surface area (Å²) in [5.41, 5.74) is 3.29.